The quantitative estimate of drug-likeness (QED) is 0.404. The Balaban J connectivity index is 0.00000243. The highest BCUT2D eigenvalue weighted by Gasteiger charge is 2.25. The summed E-state index contributed by atoms with van der Waals surface area (Å²) in [4.78, 5) is 6.62. The van der Waals surface area contributed by atoms with E-state index in [1.807, 2.05) is 13.1 Å². The van der Waals surface area contributed by atoms with Crippen LogP contribution < -0.4 is 14.8 Å². The van der Waals surface area contributed by atoms with E-state index >= 15 is 0 Å². The van der Waals surface area contributed by atoms with Crippen LogP contribution in [0.15, 0.2) is 23.2 Å². The van der Waals surface area contributed by atoms with E-state index < -0.39 is 0 Å². The fourth-order valence-electron chi connectivity index (χ4n) is 3.31. The van der Waals surface area contributed by atoms with Crippen LogP contribution in [0.1, 0.15) is 25.8 Å². The Morgan fingerprint density at radius 1 is 1.31 bits per heavy atom. The average molecular weight is 475 g/mol. The van der Waals surface area contributed by atoms with E-state index in [0.717, 1.165) is 50.2 Å². The van der Waals surface area contributed by atoms with E-state index in [1.165, 1.54) is 5.56 Å². The maximum absolute atomic E-state index is 5.51. The lowest BCUT2D eigenvalue weighted by Crippen LogP contribution is -2.45. The van der Waals surface area contributed by atoms with Crippen molar-refractivity contribution in [2.45, 2.75) is 25.7 Å². The number of ether oxygens (including phenoxy) is 3. The highest BCUT2D eigenvalue weighted by Crippen LogP contribution is 2.36. The van der Waals surface area contributed by atoms with Gasteiger partial charge in [0.2, 0.25) is 6.79 Å². The third-order valence-corrected chi connectivity index (χ3v) is 4.97. The number of nitrogens with one attached hydrogen (secondary N) is 1. The van der Waals surface area contributed by atoms with E-state index in [-0.39, 0.29) is 29.4 Å². The molecule has 2 aliphatic rings. The Labute approximate surface area is 173 Å². The molecule has 0 amide bonds. The first kappa shape index (κ1) is 21.1. The van der Waals surface area contributed by atoms with Gasteiger partial charge in [0.1, 0.15) is 0 Å². The molecule has 6 nitrogen and oxygen atoms in total. The maximum atomic E-state index is 5.51. The van der Waals surface area contributed by atoms with Crippen molar-refractivity contribution in [3.8, 4) is 11.5 Å². The summed E-state index contributed by atoms with van der Waals surface area (Å²) in [6.07, 6.45) is 1.13. The molecule has 0 radical (unpaired) electrons. The predicted octanol–water partition coefficient (Wildman–Crippen LogP) is 2.85. The summed E-state index contributed by atoms with van der Waals surface area (Å²) in [5.74, 6) is 3.15. The first-order valence-corrected chi connectivity index (χ1v) is 8.89. The largest absolute Gasteiger partial charge is 0.454 e. The van der Waals surface area contributed by atoms with Crippen LogP contribution in [0.5, 0.6) is 11.5 Å². The molecule has 2 heterocycles. The van der Waals surface area contributed by atoms with E-state index in [1.54, 1.807) is 0 Å². The second-order valence-electron chi connectivity index (χ2n) is 7.46. The van der Waals surface area contributed by atoms with E-state index in [4.69, 9.17) is 14.2 Å². The smallest absolute Gasteiger partial charge is 0.231 e. The van der Waals surface area contributed by atoms with Crippen LogP contribution in [0.4, 0.5) is 0 Å². The summed E-state index contributed by atoms with van der Waals surface area (Å²) < 4.78 is 16.4. The van der Waals surface area contributed by atoms with Gasteiger partial charge in [-0.3, -0.25) is 4.99 Å². The first-order chi connectivity index (χ1) is 12.0. The maximum Gasteiger partial charge on any atom is 0.231 e. The number of hydrogen-bond donors (Lipinski definition) is 1. The molecule has 1 atom stereocenters. The van der Waals surface area contributed by atoms with Crippen molar-refractivity contribution in [3.05, 3.63) is 23.8 Å². The number of hydrogen-bond acceptors (Lipinski definition) is 4. The van der Waals surface area contributed by atoms with Crippen LogP contribution in [-0.2, 0) is 10.2 Å². The van der Waals surface area contributed by atoms with Crippen LogP contribution in [0.25, 0.3) is 0 Å². The van der Waals surface area contributed by atoms with Gasteiger partial charge in [-0.05, 0) is 24.1 Å². The minimum atomic E-state index is -0.0613. The highest BCUT2D eigenvalue weighted by molar-refractivity contribution is 14.0. The molecule has 0 spiro atoms. The van der Waals surface area contributed by atoms with Crippen molar-refractivity contribution in [1.82, 2.24) is 10.2 Å². The zero-order chi connectivity index (χ0) is 17.9. The number of guanidine groups is 1. The third kappa shape index (κ3) is 4.94. The van der Waals surface area contributed by atoms with Crippen molar-refractivity contribution in [3.63, 3.8) is 0 Å². The molecule has 0 saturated carbocycles. The van der Waals surface area contributed by atoms with Crippen molar-refractivity contribution in [2.24, 2.45) is 10.9 Å². The SMILES string of the molecule is CN=C(NCC(C)(C)c1ccc2c(c1)OCO2)N(C)CC1CCOC1.I. The lowest BCUT2D eigenvalue weighted by molar-refractivity contribution is 0.174. The zero-order valence-corrected chi connectivity index (χ0v) is 18.4. The molecule has 3 rings (SSSR count). The number of rotatable bonds is 5. The zero-order valence-electron chi connectivity index (χ0n) is 16.1. The van der Waals surface area contributed by atoms with Gasteiger partial charge in [-0.15, -0.1) is 24.0 Å². The number of halogens is 1. The third-order valence-electron chi connectivity index (χ3n) is 4.97. The number of aliphatic imine (C=N–C) groups is 1. The molecule has 2 aliphatic heterocycles. The van der Waals surface area contributed by atoms with Gasteiger partial charge >= 0.3 is 0 Å². The van der Waals surface area contributed by atoms with Crippen LogP contribution in [-0.4, -0.2) is 58.1 Å². The molecular weight excluding hydrogens is 445 g/mol. The molecule has 1 saturated heterocycles. The molecule has 1 N–H and O–H groups in total. The van der Waals surface area contributed by atoms with Crippen LogP contribution >= 0.6 is 24.0 Å². The van der Waals surface area contributed by atoms with Crippen molar-refractivity contribution in [1.29, 1.82) is 0 Å². The van der Waals surface area contributed by atoms with Gasteiger partial charge in [0.15, 0.2) is 17.5 Å². The molecule has 146 valence electrons. The number of fused-ring (bicyclic) bond motifs is 1. The molecule has 1 aromatic carbocycles. The lowest BCUT2D eigenvalue weighted by atomic mass is 9.84. The van der Waals surface area contributed by atoms with Gasteiger partial charge in [-0.1, -0.05) is 19.9 Å². The summed E-state index contributed by atoms with van der Waals surface area (Å²) in [6.45, 7) is 8.21. The van der Waals surface area contributed by atoms with E-state index in [2.05, 4.69) is 48.2 Å². The van der Waals surface area contributed by atoms with Crippen LogP contribution in [0.2, 0.25) is 0 Å². The molecule has 7 heteroatoms. The van der Waals surface area contributed by atoms with E-state index in [0.29, 0.717) is 12.7 Å². The minimum absolute atomic E-state index is 0. The molecule has 0 aromatic heterocycles. The Bertz CT molecular complexity index is 630. The molecule has 1 unspecified atom stereocenters. The Morgan fingerprint density at radius 3 is 2.77 bits per heavy atom. The predicted molar refractivity (Wildman–Crippen MR) is 114 cm³/mol. The number of benzene rings is 1. The Kier molecular flexibility index (Phi) is 7.40. The number of nitrogens with zero attached hydrogens (tertiary/aromatic N) is 2. The van der Waals surface area contributed by atoms with Crippen LogP contribution in [0.3, 0.4) is 0 Å². The van der Waals surface area contributed by atoms with Gasteiger partial charge in [0.05, 0.1) is 6.61 Å². The average Bonchev–Trinajstić information content (AvgIpc) is 3.25. The van der Waals surface area contributed by atoms with E-state index in [9.17, 15) is 0 Å². The fraction of sp³-hybridized carbons (Fsp3) is 0.632. The first-order valence-electron chi connectivity index (χ1n) is 8.89. The molecule has 1 fully saturated rings. The van der Waals surface area contributed by atoms with Gasteiger partial charge < -0.3 is 24.4 Å². The van der Waals surface area contributed by atoms with Crippen molar-refractivity contribution < 1.29 is 14.2 Å². The standard InChI is InChI=1S/C19H29N3O3.HI/c1-19(2,15-5-6-16-17(9-15)25-13-24-16)12-21-18(20-3)22(4)10-14-7-8-23-11-14;/h5-6,9,14H,7-8,10-13H2,1-4H3,(H,20,21);1H. The summed E-state index contributed by atoms with van der Waals surface area (Å²) in [6, 6.07) is 6.17. The van der Waals surface area contributed by atoms with Gasteiger partial charge in [-0.2, -0.15) is 0 Å². The van der Waals surface area contributed by atoms with Crippen molar-refractivity contribution >= 4 is 29.9 Å². The summed E-state index contributed by atoms with van der Waals surface area (Å²) in [5, 5.41) is 3.51. The summed E-state index contributed by atoms with van der Waals surface area (Å²) in [5.41, 5.74) is 1.15. The normalized spacial score (nSPS) is 19.2. The van der Waals surface area contributed by atoms with Gasteiger partial charge in [0, 0.05) is 45.1 Å². The topological polar surface area (TPSA) is 55.3 Å². The Hall–Kier alpha value is -1.22. The lowest BCUT2D eigenvalue weighted by Gasteiger charge is -2.30. The highest BCUT2D eigenvalue weighted by atomic mass is 127. The fourth-order valence-corrected chi connectivity index (χ4v) is 3.31. The van der Waals surface area contributed by atoms with Crippen LogP contribution in [0, 0.1) is 5.92 Å². The molecule has 0 bridgehead atoms. The molecular formula is C19H30IN3O3. The van der Waals surface area contributed by atoms with Gasteiger partial charge in [0.25, 0.3) is 0 Å². The Morgan fingerprint density at radius 2 is 2.08 bits per heavy atom. The summed E-state index contributed by atoms with van der Waals surface area (Å²) in [7, 11) is 3.92. The minimum Gasteiger partial charge on any atom is -0.454 e. The monoisotopic (exact) mass is 475 g/mol. The van der Waals surface area contributed by atoms with Gasteiger partial charge in [-0.25, -0.2) is 0 Å². The van der Waals surface area contributed by atoms with Crippen molar-refractivity contribution in [2.75, 3.05) is 47.2 Å². The molecule has 26 heavy (non-hydrogen) atoms. The second kappa shape index (κ2) is 9.12. The molecule has 1 aromatic rings. The molecule has 0 aliphatic carbocycles. The summed E-state index contributed by atoms with van der Waals surface area (Å²) >= 11 is 0. The second-order valence-corrected chi connectivity index (χ2v) is 7.46.